The van der Waals surface area contributed by atoms with E-state index in [1.807, 2.05) is 0 Å². The van der Waals surface area contributed by atoms with Crippen molar-refractivity contribution in [3.05, 3.63) is 59.7 Å². The Morgan fingerprint density at radius 3 is 2.54 bits per heavy atom. The zero-order chi connectivity index (χ0) is 18.9. The summed E-state index contributed by atoms with van der Waals surface area (Å²) in [5, 5.41) is 2.42. The van der Waals surface area contributed by atoms with Gasteiger partial charge in [-0.3, -0.25) is 9.59 Å². The van der Waals surface area contributed by atoms with Crippen LogP contribution in [0.25, 0.3) is 0 Å². The number of para-hydroxylation sites is 1. The van der Waals surface area contributed by atoms with Gasteiger partial charge in [-0.25, -0.2) is 8.78 Å². The van der Waals surface area contributed by atoms with Crippen molar-refractivity contribution in [2.75, 3.05) is 23.9 Å². The molecule has 26 heavy (non-hydrogen) atoms. The molecule has 0 heterocycles. The van der Waals surface area contributed by atoms with Gasteiger partial charge in [0.1, 0.15) is 12.4 Å². The molecule has 5 nitrogen and oxygen atoms in total. The van der Waals surface area contributed by atoms with Gasteiger partial charge in [-0.05, 0) is 29.8 Å². The lowest BCUT2D eigenvalue weighted by molar-refractivity contribution is -0.141. The summed E-state index contributed by atoms with van der Waals surface area (Å²) < 4.78 is 36.8. The first-order chi connectivity index (χ1) is 12.5. The van der Waals surface area contributed by atoms with Crippen LogP contribution in [-0.2, 0) is 20.9 Å². The number of halogens is 2. The minimum absolute atomic E-state index is 0.0272. The number of hydrogen-bond donors (Lipinski definition) is 1. The number of esters is 1. The van der Waals surface area contributed by atoms with Crippen LogP contribution in [0.4, 0.5) is 14.5 Å². The van der Waals surface area contributed by atoms with Crippen LogP contribution in [0.5, 0.6) is 5.75 Å². The molecule has 8 heteroatoms. The molecule has 2 aromatic rings. The molecule has 0 aliphatic heterocycles. The molecule has 1 amide bonds. The van der Waals surface area contributed by atoms with Crippen LogP contribution in [-0.4, -0.2) is 30.5 Å². The molecule has 0 saturated heterocycles. The smallest absolute Gasteiger partial charge is 0.316 e. The molecule has 0 bridgehead atoms. The van der Waals surface area contributed by atoms with Crippen molar-refractivity contribution in [2.45, 2.75) is 6.61 Å². The van der Waals surface area contributed by atoms with Gasteiger partial charge in [0.25, 0.3) is 0 Å². The molecule has 138 valence electrons. The van der Waals surface area contributed by atoms with E-state index in [9.17, 15) is 18.4 Å². The van der Waals surface area contributed by atoms with Crippen molar-refractivity contribution in [2.24, 2.45) is 0 Å². The molecule has 0 aliphatic carbocycles. The standard InChI is InChI=1S/C18H17F2NO4S/c1-24-16-7-6-12(8-14(16)20)9-25-18(23)11-26-10-17(22)21-15-5-3-2-4-13(15)19/h2-8H,9-11H2,1H3,(H,21,22). The number of carbonyl (C=O) groups is 2. The first-order valence-electron chi connectivity index (χ1n) is 7.59. The zero-order valence-electron chi connectivity index (χ0n) is 14.0. The highest BCUT2D eigenvalue weighted by molar-refractivity contribution is 8.00. The lowest BCUT2D eigenvalue weighted by atomic mass is 10.2. The third kappa shape index (κ3) is 6.03. The van der Waals surface area contributed by atoms with E-state index in [1.54, 1.807) is 12.1 Å². The van der Waals surface area contributed by atoms with Gasteiger partial charge in [0.2, 0.25) is 5.91 Å². The summed E-state index contributed by atoms with van der Waals surface area (Å²) in [4.78, 5) is 23.4. The molecule has 0 radical (unpaired) electrons. The van der Waals surface area contributed by atoms with Gasteiger partial charge < -0.3 is 14.8 Å². The van der Waals surface area contributed by atoms with Crippen molar-refractivity contribution >= 4 is 29.3 Å². The summed E-state index contributed by atoms with van der Waals surface area (Å²) >= 11 is 1.04. The lowest BCUT2D eigenvalue weighted by Crippen LogP contribution is -2.17. The molecular weight excluding hydrogens is 364 g/mol. The van der Waals surface area contributed by atoms with Gasteiger partial charge in [0.15, 0.2) is 11.6 Å². The average Bonchev–Trinajstić information content (AvgIpc) is 2.62. The molecule has 0 unspecified atom stereocenters. The van der Waals surface area contributed by atoms with Crippen molar-refractivity contribution in [3.63, 3.8) is 0 Å². The number of hydrogen-bond acceptors (Lipinski definition) is 5. The van der Waals surface area contributed by atoms with Crippen LogP contribution < -0.4 is 10.1 Å². The van der Waals surface area contributed by atoms with Gasteiger partial charge in [0, 0.05) is 0 Å². The van der Waals surface area contributed by atoms with E-state index >= 15 is 0 Å². The normalized spacial score (nSPS) is 10.3. The highest BCUT2D eigenvalue weighted by Crippen LogP contribution is 2.18. The fraction of sp³-hybridized carbons (Fsp3) is 0.222. The van der Waals surface area contributed by atoms with Crippen LogP contribution in [0, 0.1) is 11.6 Å². The maximum atomic E-state index is 13.5. The van der Waals surface area contributed by atoms with E-state index in [0.717, 1.165) is 11.8 Å². The number of nitrogens with one attached hydrogen (secondary N) is 1. The Bertz CT molecular complexity index is 786. The van der Waals surface area contributed by atoms with Crippen molar-refractivity contribution in [3.8, 4) is 5.75 Å². The number of carbonyl (C=O) groups excluding carboxylic acids is 2. The molecule has 0 saturated carbocycles. The summed E-state index contributed by atoms with van der Waals surface area (Å²) in [6.07, 6.45) is 0. The summed E-state index contributed by atoms with van der Waals surface area (Å²) in [6, 6.07) is 10.1. The first-order valence-corrected chi connectivity index (χ1v) is 8.75. The summed E-state index contributed by atoms with van der Waals surface area (Å²) in [5.41, 5.74) is 0.571. The highest BCUT2D eigenvalue weighted by Gasteiger charge is 2.10. The zero-order valence-corrected chi connectivity index (χ0v) is 14.8. The predicted octanol–water partition coefficient (Wildman–Crippen LogP) is 3.39. The van der Waals surface area contributed by atoms with E-state index in [1.165, 1.54) is 37.4 Å². The second kappa shape index (κ2) is 9.76. The van der Waals surface area contributed by atoms with Crippen molar-refractivity contribution in [1.82, 2.24) is 0 Å². The van der Waals surface area contributed by atoms with Crippen LogP contribution in [0.15, 0.2) is 42.5 Å². The second-order valence-corrected chi connectivity index (χ2v) is 6.14. The number of methoxy groups -OCH3 is 1. The van der Waals surface area contributed by atoms with E-state index in [0.29, 0.717) is 5.56 Å². The third-order valence-corrected chi connectivity index (χ3v) is 4.12. The molecule has 0 aromatic heterocycles. The van der Waals surface area contributed by atoms with Crippen LogP contribution >= 0.6 is 11.8 Å². The topological polar surface area (TPSA) is 64.6 Å². The number of anilines is 1. The molecule has 2 rings (SSSR count). The largest absolute Gasteiger partial charge is 0.494 e. The lowest BCUT2D eigenvalue weighted by Gasteiger charge is -2.08. The van der Waals surface area contributed by atoms with Crippen molar-refractivity contribution < 1.29 is 27.8 Å². The Morgan fingerprint density at radius 2 is 1.85 bits per heavy atom. The molecular formula is C18H17F2NO4S. The predicted molar refractivity (Wildman–Crippen MR) is 95.1 cm³/mol. The minimum Gasteiger partial charge on any atom is -0.494 e. The monoisotopic (exact) mass is 381 g/mol. The maximum Gasteiger partial charge on any atom is 0.316 e. The Balaban J connectivity index is 1.69. The fourth-order valence-corrected chi connectivity index (χ4v) is 2.59. The van der Waals surface area contributed by atoms with Gasteiger partial charge in [-0.2, -0.15) is 0 Å². The molecule has 0 fully saturated rings. The van der Waals surface area contributed by atoms with Gasteiger partial charge in [0.05, 0.1) is 24.3 Å². The highest BCUT2D eigenvalue weighted by atomic mass is 32.2. The Labute approximate surface area is 153 Å². The van der Waals surface area contributed by atoms with Crippen LogP contribution in [0.1, 0.15) is 5.56 Å². The molecule has 0 spiro atoms. The number of thioether (sulfide) groups is 1. The van der Waals surface area contributed by atoms with Crippen LogP contribution in [0.2, 0.25) is 0 Å². The summed E-state index contributed by atoms with van der Waals surface area (Å²) in [5.74, 6) is -2.01. The number of ether oxygens (including phenoxy) is 2. The molecule has 2 aromatic carbocycles. The Hall–Kier alpha value is -2.61. The molecule has 0 aliphatic rings. The Morgan fingerprint density at radius 1 is 1.08 bits per heavy atom. The quantitative estimate of drug-likeness (QED) is 0.710. The van der Waals surface area contributed by atoms with Crippen LogP contribution in [0.3, 0.4) is 0 Å². The third-order valence-electron chi connectivity index (χ3n) is 3.22. The maximum absolute atomic E-state index is 13.5. The van der Waals surface area contributed by atoms with Gasteiger partial charge in [-0.15, -0.1) is 11.8 Å². The number of amides is 1. The summed E-state index contributed by atoms with van der Waals surface area (Å²) in [6.45, 7) is -0.0816. The second-order valence-electron chi connectivity index (χ2n) is 5.15. The van der Waals surface area contributed by atoms with Gasteiger partial charge in [-0.1, -0.05) is 18.2 Å². The average molecular weight is 381 g/mol. The minimum atomic E-state index is -0.541. The molecule has 1 N–H and O–H groups in total. The van der Waals surface area contributed by atoms with Crippen molar-refractivity contribution in [1.29, 1.82) is 0 Å². The number of benzene rings is 2. The molecule has 0 atom stereocenters. The SMILES string of the molecule is COc1ccc(COC(=O)CSCC(=O)Nc2ccccc2F)cc1F. The fourth-order valence-electron chi connectivity index (χ4n) is 1.98. The van der Waals surface area contributed by atoms with E-state index in [4.69, 9.17) is 9.47 Å². The number of rotatable bonds is 8. The first kappa shape index (κ1) is 19.7. The van der Waals surface area contributed by atoms with E-state index in [-0.39, 0.29) is 29.5 Å². The van der Waals surface area contributed by atoms with E-state index in [2.05, 4.69) is 5.32 Å². The van der Waals surface area contributed by atoms with E-state index < -0.39 is 23.5 Å². The summed E-state index contributed by atoms with van der Waals surface area (Å²) in [7, 11) is 1.36. The Kier molecular flexibility index (Phi) is 7.40. The van der Waals surface area contributed by atoms with Gasteiger partial charge >= 0.3 is 5.97 Å².